The van der Waals surface area contributed by atoms with Gasteiger partial charge >= 0.3 is 0 Å². The molecule has 3 rings (SSSR count). The third-order valence-corrected chi connectivity index (χ3v) is 5.61. The molecule has 1 aromatic carbocycles. The molecule has 2 aliphatic rings. The second kappa shape index (κ2) is 3.54. The van der Waals surface area contributed by atoms with Crippen LogP contribution in [0.3, 0.4) is 0 Å². The molecular weight excluding hydrogens is 184 g/mol. The molecule has 0 saturated heterocycles. The Labute approximate surface area is 88.5 Å². The van der Waals surface area contributed by atoms with Crippen LogP contribution in [-0.4, -0.2) is 9.52 Å². The van der Waals surface area contributed by atoms with Crippen molar-refractivity contribution < 1.29 is 0 Å². The summed E-state index contributed by atoms with van der Waals surface area (Å²) in [6.07, 6.45) is 6.12. The second-order valence-corrected chi connectivity index (χ2v) is 6.40. The summed E-state index contributed by atoms with van der Waals surface area (Å²) in [6, 6.07) is 11.1. The first-order valence-electron chi connectivity index (χ1n) is 5.73. The Hall–Kier alpha value is -0.563. The molecule has 14 heavy (non-hydrogen) atoms. The van der Waals surface area contributed by atoms with Gasteiger partial charge in [0.25, 0.3) is 0 Å². The van der Waals surface area contributed by atoms with E-state index in [4.69, 9.17) is 0 Å². The quantitative estimate of drug-likeness (QED) is 0.644. The highest BCUT2D eigenvalue weighted by molar-refractivity contribution is 6.55. The lowest BCUT2D eigenvalue weighted by atomic mass is 10.0. The van der Waals surface area contributed by atoms with E-state index in [2.05, 4.69) is 30.3 Å². The Morgan fingerprint density at radius 2 is 1.86 bits per heavy atom. The zero-order chi connectivity index (χ0) is 9.38. The first-order chi connectivity index (χ1) is 6.92. The molecule has 0 aromatic heterocycles. The van der Waals surface area contributed by atoms with E-state index in [1.165, 1.54) is 19.3 Å². The maximum absolute atomic E-state index is 2.30. The molecule has 2 radical (unpaired) electrons. The number of hydrogen-bond donors (Lipinski definition) is 0. The van der Waals surface area contributed by atoms with Crippen molar-refractivity contribution in [3.05, 3.63) is 30.3 Å². The van der Waals surface area contributed by atoms with Crippen LogP contribution in [0.4, 0.5) is 0 Å². The zero-order valence-electron chi connectivity index (χ0n) is 8.45. The van der Waals surface area contributed by atoms with Gasteiger partial charge in [-0.25, -0.2) is 0 Å². The predicted molar refractivity (Wildman–Crippen MR) is 61.0 cm³/mol. The van der Waals surface area contributed by atoms with Crippen molar-refractivity contribution in [3.63, 3.8) is 0 Å². The van der Waals surface area contributed by atoms with E-state index in [0.717, 1.165) is 26.9 Å². The fourth-order valence-electron chi connectivity index (χ4n) is 3.17. The molecule has 2 bridgehead atoms. The van der Waals surface area contributed by atoms with Gasteiger partial charge in [0, 0.05) is 0 Å². The Bertz CT molecular complexity index is 306. The van der Waals surface area contributed by atoms with Crippen molar-refractivity contribution in [2.45, 2.75) is 31.2 Å². The molecular formula is C13H16Si. The molecule has 3 atom stereocenters. The summed E-state index contributed by atoms with van der Waals surface area (Å²) in [5.41, 5.74) is 1.04. The van der Waals surface area contributed by atoms with Crippen molar-refractivity contribution in [2.75, 3.05) is 0 Å². The van der Waals surface area contributed by atoms with Crippen molar-refractivity contribution in [3.8, 4) is 0 Å². The zero-order valence-corrected chi connectivity index (χ0v) is 9.45. The third kappa shape index (κ3) is 1.54. The highest BCUT2D eigenvalue weighted by atomic mass is 28.2. The van der Waals surface area contributed by atoms with Gasteiger partial charge in [-0.1, -0.05) is 48.4 Å². The van der Waals surface area contributed by atoms with Crippen molar-refractivity contribution in [1.82, 2.24) is 0 Å². The van der Waals surface area contributed by atoms with Crippen molar-refractivity contribution in [1.29, 1.82) is 0 Å². The van der Waals surface area contributed by atoms with Gasteiger partial charge in [0.15, 0.2) is 0 Å². The van der Waals surface area contributed by atoms with Crippen LogP contribution in [0.15, 0.2) is 30.3 Å². The predicted octanol–water partition coefficient (Wildman–Crippen LogP) is 2.62. The normalized spacial score (nSPS) is 35.0. The molecule has 72 valence electrons. The van der Waals surface area contributed by atoms with E-state index in [1.807, 2.05) is 0 Å². The molecule has 0 unspecified atom stereocenters. The van der Waals surface area contributed by atoms with Crippen LogP contribution in [0.2, 0.25) is 5.54 Å². The second-order valence-electron chi connectivity index (χ2n) is 4.79. The maximum Gasteiger partial charge on any atom is 0.0845 e. The van der Waals surface area contributed by atoms with Gasteiger partial charge in [-0.05, 0) is 30.2 Å². The van der Waals surface area contributed by atoms with Gasteiger partial charge in [0.2, 0.25) is 0 Å². The SMILES string of the molecule is c1ccc([Si][C@H]2C[C@@H]3CC[C@H]2C3)cc1. The third-order valence-electron chi connectivity index (χ3n) is 3.86. The molecule has 0 N–H and O–H groups in total. The van der Waals surface area contributed by atoms with Gasteiger partial charge in [-0.15, -0.1) is 0 Å². The smallest absolute Gasteiger partial charge is 0.0639 e. The van der Waals surface area contributed by atoms with Crippen LogP contribution in [0, 0.1) is 11.8 Å². The van der Waals surface area contributed by atoms with Crippen LogP contribution in [0.5, 0.6) is 0 Å². The summed E-state index contributed by atoms with van der Waals surface area (Å²) in [6.45, 7) is 0. The Morgan fingerprint density at radius 1 is 1.00 bits per heavy atom. The standard InChI is InChI=1S/C13H16Si/c1-2-4-12(5-3-1)14-13-9-10-6-7-11(13)8-10/h1-5,10-11,13H,6-9H2/t10-,11+,13+/m1/s1. The Kier molecular flexibility index (Phi) is 2.21. The molecule has 0 heterocycles. The molecule has 1 aromatic rings. The van der Waals surface area contributed by atoms with Crippen LogP contribution < -0.4 is 5.19 Å². The lowest BCUT2D eigenvalue weighted by molar-refractivity contribution is 0.478. The average molecular weight is 200 g/mol. The van der Waals surface area contributed by atoms with Gasteiger partial charge in [-0.2, -0.15) is 0 Å². The molecule has 0 aliphatic heterocycles. The van der Waals surface area contributed by atoms with Gasteiger partial charge in [0.1, 0.15) is 0 Å². The van der Waals surface area contributed by atoms with E-state index in [9.17, 15) is 0 Å². The first kappa shape index (κ1) is 8.72. The van der Waals surface area contributed by atoms with Gasteiger partial charge in [0.05, 0.1) is 9.52 Å². The minimum atomic E-state index is 1.04. The fourth-order valence-corrected chi connectivity index (χ4v) is 4.97. The Morgan fingerprint density at radius 3 is 2.50 bits per heavy atom. The number of hydrogen-bond acceptors (Lipinski definition) is 0. The van der Waals surface area contributed by atoms with Gasteiger partial charge < -0.3 is 0 Å². The Balaban J connectivity index is 1.69. The lowest BCUT2D eigenvalue weighted by Gasteiger charge is -2.20. The van der Waals surface area contributed by atoms with Crippen LogP contribution in [-0.2, 0) is 0 Å². The largest absolute Gasteiger partial charge is 0.0845 e. The van der Waals surface area contributed by atoms with E-state index in [1.54, 1.807) is 11.6 Å². The highest BCUT2D eigenvalue weighted by Gasteiger charge is 2.39. The number of rotatable bonds is 2. The highest BCUT2D eigenvalue weighted by Crippen LogP contribution is 2.50. The van der Waals surface area contributed by atoms with Gasteiger partial charge in [-0.3, -0.25) is 0 Å². The van der Waals surface area contributed by atoms with E-state index in [0.29, 0.717) is 0 Å². The van der Waals surface area contributed by atoms with Crippen LogP contribution >= 0.6 is 0 Å². The molecule has 2 aliphatic carbocycles. The monoisotopic (exact) mass is 200 g/mol. The summed E-state index contributed by atoms with van der Waals surface area (Å²) in [7, 11) is 1.08. The molecule has 2 saturated carbocycles. The maximum atomic E-state index is 2.30. The molecule has 0 nitrogen and oxygen atoms in total. The summed E-state index contributed by atoms with van der Waals surface area (Å²) in [4.78, 5) is 0. The number of fused-ring (bicyclic) bond motifs is 2. The minimum Gasteiger partial charge on any atom is -0.0639 e. The summed E-state index contributed by atoms with van der Waals surface area (Å²) in [5, 5.41) is 1.57. The van der Waals surface area contributed by atoms with Crippen molar-refractivity contribution in [2.24, 2.45) is 11.8 Å². The van der Waals surface area contributed by atoms with E-state index < -0.39 is 0 Å². The molecule has 1 heteroatoms. The van der Waals surface area contributed by atoms with E-state index in [-0.39, 0.29) is 0 Å². The fraction of sp³-hybridized carbons (Fsp3) is 0.538. The molecule has 0 amide bonds. The summed E-state index contributed by atoms with van der Waals surface area (Å²) >= 11 is 0. The van der Waals surface area contributed by atoms with Crippen molar-refractivity contribution >= 4 is 14.7 Å². The summed E-state index contributed by atoms with van der Waals surface area (Å²) in [5.74, 6) is 2.18. The van der Waals surface area contributed by atoms with Crippen LogP contribution in [0.25, 0.3) is 0 Å². The topological polar surface area (TPSA) is 0 Å². The van der Waals surface area contributed by atoms with E-state index >= 15 is 0 Å². The molecule has 0 spiro atoms. The first-order valence-corrected chi connectivity index (χ1v) is 6.81. The average Bonchev–Trinajstić information content (AvgIpc) is 2.81. The lowest BCUT2D eigenvalue weighted by Crippen LogP contribution is -2.22. The number of benzene rings is 1. The summed E-state index contributed by atoms with van der Waals surface area (Å²) < 4.78 is 0. The molecule has 2 fully saturated rings. The minimum absolute atomic E-state index is 1.04. The van der Waals surface area contributed by atoms with Crippen LogP contribution in [0.1, 0.15) is 25.7 Å².